The Labute approximate surface area is 96.4 Å². The van der Waals surface area contributed by atoms with Crippen LogP contribution in [0.3, 0.4) is 0 Å². The minimum atomic E-state index is -4.46. The van der Waals surface area contributed by atoms with Crippen LogP contribution in [0, 0.1) is 0 Å². The molecule has 0 N–H and O–H groups in total. The molecule has 86 valence electrons. The molecule has 0 unspecified atom stereocenters. The van der Waals surface area contributed by atoms with Gasteiger partial charge in [0.2, 0.25) is 0 Å². The van der Waals surface area contributed by atoms with Crippen LogP contribution in [-0.4, -0.2) is 12.0 Å². The van der Waals surface area contributed by atoms with Crippen LogP contribution in [0.5, 0.6) is 0 Å². The van der Waals surface area contributed by atoms with Crippen LogP contribution in [0.25, 0.3) is 6.08 Å². The van der Waals surface area contributed by atoms with Crippen LogP contribution < -0.4 is 0 Å². The van der Waals surface area contributed by atoms with E-state index in [9.17, 15) is 18.0 Å². The summed E-state index contributed by atoms with van der Waals surface area (Å²) in [5.74, 6) is 0.354. The molecule has 0 aliphatic carbocycles. The van der Waals surface area contributed by atoms with Gasteiger partial charge in [-0.1, -0.05) is 24.3 Å². The van der Waals surface area contributed by atoms with Gasteiger partial charge in [-0.05, 0) is 11.6 Å². The number of aldehydes is 1. The molecule has 0 heterocycles. The maximum atomic E-state index is 12.6. The van der Waals surface area contributed by atoms with E-state index in [1.807, 2.05) is 0 Å². The number of hydrogen-bond donors (Lipinski definition) is 1. The summed E-state index contributed by atoms with van der Waals surface area (Å²) in [6.45, 7) is 0. The number of hydrogen-bond acceptors (Lipinski definition) is 2. The molecule has 0 saturated carbocycles. The second-order valence-electron chi connectivity index (χ2n) is 3.05. The average Bonchev–Trinajstić information content (AvgIpc) is 2.25. The highest BCUT2D eigenvalue weighted by Gasteiger charge is 2.32. The summed E-state index contributed by atoms with van der Waals surface area (Å²) in [7, 11) is 0. The van der Waals surface area contributed by atoms with Crippen molar-refractivity contribution in [3.63, 3.8) is 0 Å². The van der Waals surface area contributed by atoms with Gasteiger partial charge in [0.1, 0.15) is 6.29 Å². The lowest BCUT2D eigenvalue weighted by Crippen LogP contribution is -2.08. The molecule has 1 nitrogen and oxygen atoms in total. The normalized spacial score (nSPS) is 12.0. The van der Waals surface area contributed by atoms with E-state index in [0.717, 1.165) is 6.07 Å². The summed E-state index contributed by atoms with van der Waals surface area (Å²) in [6.07, 6.45) is -1.23. The molecule has 0 aliphatic rings. The van der Waals surface area contributed by atoms with Crippen molar-refractivity contribution in [3.05, 3.63) is 41.0 Å². The zero-order valence-corrected chi connectivity index (χ0v) is 9.05. The Balaban J connectivity index is 3.27. The van der Waals surface area contributed by atoms with Crippen LogP contribution in [0.15, 0.2) is 24.3 Å². The molecular formula is C11H9F3OS. The van der Waals surface area contributed by atoms with Crippen molar-refractivity contribution in [2.75, 3.05) is 5.75 Å². The van der Waals surface area contributed by atoms with Gasteiger partial charge in [-0.15, -0.1) is 0 Å². The molecule has 1 aromatic rings. The van der Waals surface area contributed by atoms with Crippen molar-refractivity contribution >= 4 is 25.0 Å². The van der Waals surface area contributed by atoms with Crippen molar-refractivity contribution < 1.29 is 18.0 Å². The number of carbonyl (C=O) groups excluding carboxylic acids is 1. The lowest BCUT2D eigenvalue weighted by molar-refractivity contribution is -0.137. The SMILES string of the molecule is O=Cc1ccc(C=CCS)c(C(F)(F)F)c1. The minimum Gasteiger partial charge on any atom is -0.298 e. The fraction of sp³-hybridized carbons (Fsp3) is 0.182. The molecular weight excluding hydrogens is 237 g/mol. The van der Waals surface area contributed by atoms with Gasteiger partial charge in [0.05, 0.1) is 5.56 Å². The number of carbonyl (C=O) groups is 1. The van der Waals surface area contributed by atoms with Gasteiger partial charge in [-0.25, -0.2) is 0 Å². The third kappa shape index (κ3) is 3.13. The second-order valence-corrected chi connectivity index (χ2v) is 3.41. The zero-order valence-electron chi connectivity index (χ0n) is 8.16. The van der Waals surface area contributed by atoms with Crippen LogP contribution in [0.2, 0.25) is 0 Å². The molecule has 0 bridgehead atoms. The maximum Gasteiger partial charge on any atom is 0.417 e. The van der Waals surface area contributed by atoms with E-state index in [1.165, 1.54) is 24.3 Å². The topological polar surface area (TPSA) is 17.1 Å². The first-order valence-electron chi connectivity index (χ1n) is 4.43. The fourth-order valence-corrected chi connectivity index (χ4v) is 1.32. The van der Waals surface area contributed by atoms with Gasteiger partial charge >= 0.3 is 6.18 Å². The smallest absolute Gasteiger partial charge is 0.298 e. The molecule has 16 heavy (non-hydrogen) atoms. The Morgan fingerprint density at radius 1 is 1.31 bits per heavy atom. The maximum absolute atomic E-state index is 12.6. The first kappa shape index (κ1) is 12.8. The Kier molecular flexibility index (Phi) is 4.18. The summed E-state index contributed by atoms with van der Waals surface area (Å²) in [6, 6.07) is 3.46. The van der Waals surface area contributed by atoms with Gasteiger partial charge in [0.15, 0.2) is 0 Å². The van der Waals surface area contributed by atoms with E-state index < -0.39 is 11.7 Å². The molecule has 0 atom stereocenters. The summed E-state index contributed by atoms with van der Waals surface area (Å²) >= 11 is 3.87. The quantitative estimate of drug-likeness (QED) is 0.638. The fourth-order valence-electron chi connectivity index (χ4n) is 1.22. The highest BCUT2D eigenvalue weighted by molar-refractivity contribution is 7.80. The van der Waals surface area contributed by atoms with Crippen molar-refractivity contribution in [3.8, 4) is 0 Å². The molecule has 0 fully saturated rings. The highest BCUT2D eigenvalue weighted by Crippen LogP contribution is 2.33. The second kappa shape index (κ2) is 5.21. The van der Waals surface area contributed by atoms with Crippen molar-refractivity contribution in [2.45, 2.75) is 6.18 Å². The monoisotopic (exact) mass is 246 g/mol. The first-order chi connectivity index (χ1) is 7.49. The van der Waals surface area contributed by atoms with Gasteiger partial charge in [-0.2, -0.15) is 25.8 Å². The van der Waals surface area contributed by atoms with Gasteiger partial charge in [0.25, 0.3) is 0 Å². The van der Waals surface area contributed by atoms with Crippen molar-refractivity contribution in [1.82, 2.24) is 0 Å². The molecule has 0 radical (unpaired) electrons. The molecule has 1 aromatic carbocycles. The molecule has 5 heteroatoms. The Morgan fingerprint density at radius 3 is 2.50 bits per heavy atom. The summed E-state index contributed by atoms with van der Waals surface area (Å²) in [4.78, 5) is 10.4. The summed E-state index contributed by atoms with van der Waals surface area (Å²) in [5.41, 5.74) is -0.766. The average molecular weight is 246 g/mol. The number of halogens is 3. The van der Waals surface area contributed by atoms with E-state index in [0.29, 0.717) is 12.0 Å². The van der Waals surface area contributed by atoms with Crippen LogP contribution in [-0.2, 0) is 6.18 Å². The van der Waals surface area contributed by atoms with Crippen molar-refractivity contribution in [1.29, 1.82) is 0 Å². The summed E-state index contributed by atoms with van der Waals surface area (Å²) in [5, 5.41) is 0. The summed E-state index contributed by atoms with van der Waals surface area (Å²) < 4.78 is 37.9. The lowest BCUT2D eigenvalue weighted by Gasteiger charge is -2.10. The van der Waals surface area contributed by atoms with E-state index in [2.05, 4.69) is 12.6 Å². The first-order valence-corrected chi connectivity index (χ1v) is 5.06. The largest absolute Gasteiger partial charge is 0.417 e. The van der Waals surface area contributed by atoms with Gasteiger partial charge in [0, 0.05) is 11.3 Å². The lowest BCUT2D eigenvalue weighted by atomic mass is 10.0. The van der Waals surface area contributed by atoms with E-state index in [4.69, 9.17) is 0 Å². The molecule has 0 amide bonds. The third-order valence-electron chi connectivity index (χ3n) is 1.92. The van der Waals surface area contributed by atoms with Crippen LogP contribution >= 0.6 is 12.6 Å². The Bertz CT molecular complexity index is 410. The predicted octanol–water partition coefficient (Wildman–Crippen LogP) is 3.46. The highest BCUT2D eigenvalue weighted by atomic mass is 32.1. The number of rotatable bonds is 3. The molecule has 0 saturated heterocycles. The molecule has 0 spiro atoms. The number of benzene rings is 1. The van der Waals surface area contributed by atoms with E-state index in [-0.39, 0.29) is 11.1 Å². The van der Waals surface area contributed by atoms with E-state index in [1.54, 1.807) is 0 Å². The standard InChI is InChI=1S/C11H9F3OS/c12-11(13,14)10-6-8(7-15)3-4-9(10)2-1-5-16/h1-4,6-7,16H,5H2. The molecule has 1 rings (SSSR count). The van der Waals surface area contributed by atoms with Crippen LogP contribution in [0.1, 0.15) is 21.5 Å². The third-order valence-corrected chi connectivity index (χ3v) is 2.13. The zero-order chi connectivity index (χ0) is 12.2. The van der Waals surface area contributed by atoms with E-state index >= 15 is 0 Å². The number of thiol groups is 1. The van der Waals surface area contributed by atoms with Gasteiger partial charge in [-0.3, -0.25) is 4.79 Å². The predicted molar refractivity (Wildman–Crippen MR) is 59.7 cm³/mol. The van der Waals surface area contributed by atoms with Gasteiger partial charge < -0.3 is 0 Å². The van der Waals surface area contributed by atoms with Crippen molar-refractivity contribution in [2.24, 2.45) is 0 Å². The number of alkyl halides is 3. The molecule has 0 aromatic heterocycles. The Hall–Kier alpha value is -1.23. The Morgan fingerprint density at radius 2 is 2.00 bits per heavy atom. The minimum absolute atomic E-state index is 0.00958. The molecule has 0 aliphatic heterocycles. The van der Waals surface area contributed by atoms with Crippen LogP contribution in [0.4, 0.5) is 13.2 Å².